The predicted molar refractivity (Wildman–Crippen MR) is 56.1 cm³/mol. The summed E-state index contributed by atoms with van der Waals surface area (Å²) in [5, 5.41) is 0. The Bertz CT molecular complexity index is 184. The number of phosphoric ester groups is 1. The van der Waals surface area contributed by atoms with Crippen molar-refractivity contribution >= 4 is 7.82 Å². The third kappa shape index (κ3) is 7.51. The van der Waals surface area contributed by atoms with Crippen LogP contribution in [-0.4, -0.2) is 18.6 Å². The fourth-order valence-corrected chi connectivity index (χ4v) is 1.65. The summed E-state index contributed by atoms with van der Waals surface area (Å²) in [7, 11) is -2.60. The Kier molecular flexibility index (Phi) is 7.47. The predicted octanol–water partition coefficient (Wildman–Crippen LogP) is 2.97. The van der Waals surface area contributed by atoms with Gasteiger partial charge in [0.2, 0.25) is 0 Å². The molecule has 1 N–H and O–H groups in total. The summed E-state index contributed by atoms with van der Waals surface area (Å²) in [4.78, 5) is 8.95. The fraction of sp³-hybridized carbons (Fsp3) is 1.00. The lowest BCUT2D eigenvalue weighted by atomic mass is 10.0. The van der Waals surface area contributed by atoms with Crippen molar-refractivity contribution in [3.63, 3.8) is 0 Å². The number of hydrogen-bond donors (Lipinski definition) is 1. The van der Waals surface area contributed by atoms with Crippen LogP contribution in [0.15, 0.2) is 0 Å². The molecule has 2 atom stereocenters. The zero-order valence-electron chi connectivity index (χ0n) is 9.23. The van der Waals surface area contributed by atoms with Crippen LogP contribution in [0.4, 0.5) is 0 Å². The highest BCUT2D eigenvalue weighted by molar-refractivity contribution is 7.47. The van der Waals surface area contributed by atoms with Gasteiger partial charge >= 0.3 is 7.82 Å². The number of hydrogen-bond acceptors (Lipinski definition) is 3. The molecular formula is C9H21O4P. The van der Waals surface area contributed by atoms with Crippen molar-refractivity contribution in [3.8, 4) is 0 Å². The van der Waals surface area contributed by atoms with Crippen LogP contribution in [0.5, 0.6) is 0 Å². The van der Waals surface area contributed by atoms with Gasteiger partial charge in [-0.2, -0.15) is 0 Å². The van der Waals surface area contributed by atoms with Gasteiger partial charge in [0, 0.05) is 7.11 Å². The van der Waals surface area contributed by atoms with Crippen LogP contribution in [0.1, 0.15) is 39.5 Å². The van der Waals surface area contributed by atoms with Crippen molar-refractivity contribution in [2.75, 3.05) is 13.7 Å². The summed E-state index contributed by atoms with van der Waals surface area (Å²) < 4.78 is 20.0. The first-order valence-corrected chi connectivity index (χ1v) is 6.54. The van der Waals surface area contributed by atoms with E-state index < -0.39 is 7.82 Å². The summed E-state index contributed by atoms with van der Waals surface area (Å²) >= 11 is 0. The molecule has 4 nitrogen and oxygen atoms in total. The average molecular weight is 224 g/mol. The van der Waals surface area contributed by atoms with Crippen molar-refractivity contribution in [1.29, 1.82) is 0 Å². The van der Waals surface area contributed by atoms with Crippen LogP contribution in [0.25, 0.3) is 0 Å². The second kappa shape index (κ2) is 7.41. The zero-order valence-corrected chi connectivity index (χ0v) is 10.1. The summed E-state index contributed by atoms with van der Waals surface area (Å²) in [5.41, 5.74) is 0. The second-order valence-corrected chi connectivity index (χ2v) is 5.11. The molecule has 14 heavy (non-hydrogen) atoms. The maximum atomic E-state index is 10.9. The maximum absolute atomic E-state index is 10.9. The first-order chi connectivity index (χ1) is 6.52. The van der Waals surface area contributed by atoms with Crippen molar-refractivity contribution < 1.29 is 18.5 Å². The molecule has 0 aliphatic rings. The molecule has 0 aromatic heterocycles. The van der Waals surface area contributed by atoms with Crippen molar-refractivity contribution in [3.05, 3.63) is 0 Å². The van der Waals surface area contributed by atoms with Gasteiger partial charge in [-0.3, -0.25) is 9.05 Å². The zero-order chi connectivity index (χ0) is 11.0. The van der Waals surface area contributed by atoms with Gasteiger partial charge in [-0.1, -0.05) is 33.1 Å². The molecule has 0 fully saturated rings. The van der Waals surface area contributed by atoms with E-state index in [0.717, 1.165) is 12.8 Å². The van der Waals surface area contributed by atoms with E-state index in [-0.39, 0.29) is 6.61 Å². The second-order valence-electron chi connectivity index (χ2n) is 3.55. The summed E-state index contributed by atoms with van der Waals surface area (Å²) in [5.74, 6) is 0.303. The highest BCUT2D eigenvalue weighted by Gasteiger charge is 2.19. The normalized spacial score (nSPS) is 17.7. The Morgan fingerprint density at radius 3 is 2.57 bits per heavy atom. The van der Waals surface area contributed by atoms with Gasteiger partial charge in [0.25, 0.3) is 0 Å². The molecule has 0 saturated heterocycles. The van der Waals surface area contributed by atoms with Crippen molar-refractivity contribution in [2.24, 2.45) is 5.92 Å². The Morgan fingerprint density at radius 2 is 2.07 bits per heavy atom. The number of phosphoric acid groups is 1. The summed E-state index contributed by atoms with van der Waals surface area (Å²) in [6, 6.07) is 0. The minimum Gasteiger partial charge on any atom is -0.303 e. The molecule has 0 aromatic rings. The third-order valence-corrected chi connectivity index (χ3v) is 2.99. The molecular weight excluding hydrogens is 203 g/mol. The Balaban J connectivity index is 3.53. The van der Waals surface area contributed by atoms with Gasteiger partial charge in [-0.25, -0.2) is 4.57 Å². The van der Waals surface area contributed by atoms with Crippen LogP contribution >= 0.6 is 7.82 Å². The van der Waals surface area contributed by atoms with Gasteiger partial charge in [0.1, 0.15) is 0 Å². The molecule has 0 saturated carbocycles. The maximum Gasteiger partial charge on any atom is 0.471 e. The molecule has 0 spiro atoms. The van der Waals surface area contributed by atoms with Crippen LogP contribution < -0.4 is 0 Å². The molecule has 5 heteroatoms. The largest absolute Gasteiger partial charge is 0.471 e. The fourth-order valence-electron chi connectivity index (χ4n) is 1.10. The van der Waals surface area contributed by atoms with E-state index in [9.17, 15) is 4.57 Å². The minimum atomic E-state index is -3.77. The summed E-state index contributed by atoms with van der Waals surface area (Å²) in [6.45, 7) is 4.44. The first kappa shape index (κ1) is 14.1. The van der Waals surface area contributed by atoms with E-state index in [1.54, 1.807) is 0 Å². The highest BCUT2D eigenvalue weighted by Crippen LogP contribution is 2.42. The van der Waals surface area contributed by atoms with Gasteiger partial charge in [-0.15, -0.1) is 0 Å². The standard InChI is InChI=1S/C9H21O4P/c1-4-5-6-7-9(2)8-13-14(10,11)12-3/h9H,4-8H2,1-3H3,(H,10,11). The van der Waals surface area contributed by atoms with E-state index in [0.29, 0.717) is 5.92 Å². The molecule has 2 unspecified atom stereocenters. The Morgan fingerprint density at radius 1 is 1.43 bits per heavy atom. The lowest BCUT2D eigenvalue weighted by Crippen LogP contribution is -2.05. The molecule has 0 radical (unpaired) electrons. The topological polar surface area (TPSA) is 55.8 Å². The van der Waals surface area contributed by atoms with E-state index >= 15 is 0 Å². The third-order valence-electron chi connectivity index (χ3n) is 2.05. The molecule has 0 amide bonds. The molecule has 0 aromatic carbocycles. The number of rotatable bonds is 8. The van der Waals surface area contributed by atoms with Gasteiger partial charge in [-0.05, 0) is 12.3 Å². The Hall–Kier alpha value is 0.110. The van der Waals surface area contributed by atoms with Crippen LogP contribution in [0.3, 0.4) is 0 Å². The van der Waals surface area contributed by atoms with Gasteiger partial charge in [0.15, 0.2) is 0 Å². The molecule has 0 heterocycles. The highest BCUT2D eigenvalue weighted by atomic mass is 31.2. The quantitative estimate of drug-likeness (QED) is 0.508. The van der Waals surface area contributed by atoms with Crippen molar-refractivity contribution in [2.45, 2.75) is 39.5 Å². The minimum absolute atomic E-state index is 0.283. The monoisotopic (exact) mass is 224 g/mol. The van der Waals surface area contributed by atoms with Crippen LogP contribution in [0, 0.1) is 5.92 Å². The molecule has 0 bridgehead atoms. The first-order valence-electron chi connectivity index (χ1n) is 5.05. The number of unbranched alkanes of at least 4 members (excludes halogenated alkanes) is 2. The molecule has 0 rings (SSSR count). The van der Waals surface area contributed by atoms with Crippen molar-refractivity contribution in [1.82, 2.24) is 0 Å². The lowest BCUT2D eigenvalue weighted by molar-refractivity contribution is 0.150. The SMILES string of the molecule is CCCCCC(C)COP(=O)(O)OC. The summed E-state index contributed by atoms with van der Waals surface area (Å²) in [6.07, 6.45) is 4.55. The van der Waals surface area contributed by atoms with E-state index in [2.05, 4.69) is 11.4 Å². The van der Waals surface area contributed by atoms with E-state index in [1.165, 1.54) is 20.0 Å². The lowest BCUT2D eigenvalue weighted by Gasteiger charge is -2.13. The molecule has 0 aliphatic heterocycles. The average Bonchev–Trinajstić information content (AvgIpc) is 2.16. The molecule has 86 valence electrons. The van der Waals surface area contributed by atoms with Crippen LogP contribution in [0.2, 0.25) is 0 Å². The van der Waals surface area contributed by atoms with Gasteiger partial charge < -0.3 is 4.89 Å². The molecule has 0 aliphatic carbocycles. The van der Waals surface area contributed by atoms with Crippen LogP contribution in [-0.2, 0) is 13.6 Å². The van der Waals surface area contributed by atoms with E-state index in [4.69, 9.17) is 9.42 Å². The van der Waals surface area contributed by atoms with E-state index in [1.807, 2.05) is 6.92 Å². The smallest absolute Gasteiger partial charge is 0.303 e. The van der Waals surface area contributed by atoms with Gasteiger partial charge in [0.05, 0.1) is 6.61 Å². The Labute approximate surface area is 86.2 Å².